The van der Waals surface area contributed by atoms with E-state index in [0.29, 0.717) is 32.5 Å². The van der Waals surface area contributed by atoms with Crippen molar-refractivity contribution in [3.05, 3.63) is 112 Å². The van der Waals surface area contributed by atoms with E-state index >= 15 is 0 Å². The number of ketones is 1. The summed E-state index contributed by atoms with van der Waals surface area (Å²) in [5, 5.41) is 14.7. The number of aliphatic hydroxyl groups excluding tert-OH is 1. The number of aromatic nitrogens is 1. The highest BCUT2D eigenvalue weighted by atomic mass is 32.1. The second-order valence-electron chi connectivity index (χ2n) is 11.1. The second-order valence-corrected chi connectivity index (χ2v) is 12.1. The highest BCUT2D eigenvalue weighted by Crippen LogP contribution is 2.44. The van der Waals surface area contributed by atoms with Gasteiger partial charge in [-0.15, -0.1) is 11.3 Å². The second kappa shape index (κ2) is 10.8. The van der Waals surface area contributed by atoms with Gasteiger partial charge in [-0.1, -0.05) is 81.4 Å². The molecule has 0 saturated carbocycles. The predicted molar refractivity (Wildman–Crippen MR) is 162 cm³/mol. The molecule has 0 saturated heterocycles. The van der Waals surface area contributed by atoms with Crippen molar-refractivity contribution in [2.45, 2.75) is 46.1 Å². The lowest BCUT2D eigenvalue weighted by Gasteiger charge is -2.28. The summed E-state index contributed by atoms with van der Waals surface area (Å²) in [6.45, 7) is 9.49. The standard InChI is InChI=1S/C33H31N3O4S/c1-19-30(41-31(34-19)22-10-7-6-8-11-22)28(38)26-27(21-14-16-23(17-15-21)33(3,4)5)36(32(40)29(26)39)25-13-9-12-24(18-25)35-20(2)37/h6-18,27,39H,1-5H3,(H,35,37). The number of nitrogens with zero attached hydrogens (tertiary/aromatic N) is 2. The molecule has 0 bridgehead atoms. The average Bonchev–Trinajstić information content (AvgIpc) is 3.45. The normalized spacial score (nSPS) is 15.4. The maximum atomic E-state index is 14.2. The van der Waals surface area contributed by atoms with E-state index in [1.807, 2.05) is 54.6 Å². The van der Waals surface area contributed by atoms with Gasteiger partial charge >= 0.3 is 0 Å². The van der Waals surface area contributed by atoms with Crippen molar-refractivity contribution in [3.63, 3.8) is 0 Å². The summed E-state index contributed by atoms with van der Waals surface area (Å²) < 4.78 is 0. The van der Waals surface area contributed by atoms with Crippen LogP contribution < -0.4 is 10.2 Å². The minimum absolute atomic E-state index is 0.00481. The molecule has 1 aliphatic rings. The molecule has 2 N–H and O–H groups in total. The van der Waals surface area contributed by atoms with Crippen LogP contribution in [0.5, 0.6) is 0 Å². The number of aryl methyl sites for hydroxylation is 1. The number of thiazole rings is 1. The number of hydrogen-bond donors (Lipinski definition) is 2. The van der Waals surface area contributed by atoms with Crippen LogP contribution in [0.25, 0.3) is 10.6 Å². The fraction of sp³-hybridized carbons (Fsp3) is 0.212. The molecule has 5 rings (SSSR count). The number of aliphatic hydroxyl groups is 1. The molecule has 3 aromatic carbocycles. The number of benzene rings is 3. The summed E-state index contributed by atoms with van der Waals surface area (Å²) in [5.41, 5.74) is 4.01. The Labute approximate surface area is 243 Å². The number of Topliss-reactive ketones (excluding diaryl/α,β-unsaturated/α-hetero) is 1. The third-order valence-corrected chi connectivity index (χ3v) is 8.22. The van der Waals surface area contributed by atoms with E-state index in [-0.39, 0.29) is 16.9 Å². The lowest BCUT2D eigenvalue weighted by molar-refractivity contribution is -0.117. The van der Waals surface area contributed by atoms with E-state index in [1.165, 1.54) is 23.2 Å². The van der Waals surface area contributed by atoms with Gasteiger partial charge in [0.05, 0.1) is 22.2 Å². The Morgan fingerprint density at radius 3 is 2.29 bits per heavy atom. The maximum absolute atomic E-state index is 14.2. The zero-order valence-corrected chi connectivity index (χ0v) is 24.4. The summed E-state index contributed by atoms with van der Waals surface area (Å²) in [6.07, 6.45) is 0. The fourth-order valence-corrected chi connectivity index (χ4v) is 5.98. The van der Waals surface area contributed by atoms with Crippen LogP contribution in [-0.4, -0.2) is 27.7 Å². The van der Waals surface area contributed by atoms with Crippen LogP contribution in [0.2, 0.25) is 0 Å². The van der Waals surface area contributed by atoms with Crippen molar-refractivity contribution in [1.29, 1.82) is 0 Å². The van der Waals surface area contributed by atoms with E-state index in [4.69, 9.17) is 0 Å². The minimum Gasteiger partial charge on any atom is -0.503 e. The zero-order valence-electron chi connectivity index (χ0n) is 23.6. The van der Waals surface area contributed by atoms with Crippen LogP contribution in [0.3, 0.4) is 0 Å². The molecule has 8 heteroatoms. The van der Waals surface area contributed by atoms with Crippen molar-refractivity contribution < 1.29 is 19.5 Å². The summed E-state index contributed by atoms with van der Waals surface area (Å²) >= 11 is 1.24. The topological polar surface area (TPSA) is 99.6 Å². The van der Waals surface area contributed by atoms with Gasteiger partial charge in [0.2, 0.25) is 11.7 Å². The number of carbonyl (C=O) groups excluding carboxylic acids is 3. The van der Waals surface area contributed by atoms with Gasteiger partial charge in [0.1, 0.15) is 5.01 Å². The number of amides is 2. The molecule has 0 aliphatic carbocycles. The molecule has 4 aromatic rings. The Morgan fingerprint density at radius 1 is 0.976 bits per heavy atom. The van der Waals surface area contributed by atoms with Crippen LogP contribution in [-0.2, 0) is 15.0 Å². The molecule has 2 amide bonds. The Kier molecular flexibility index (Phi) is 7.36. The van der Waals surface area contributed by atoms with E-state index in [0.717, 1.165) is 11.1 Å². The summed E-state index contributed by atoms with van der Waals surface area (Å²) in [4.78, 5) is 46.0. The molecule has 7 nitrogen and oxygen atoms in total. The maximum Gasteiger partial charge on any atom is 0.294 e. The molecule has 1 atom stereocenters. The van der Waals surface area contributed by atoms with Gasteiger partial charge in [-0.05, 0) is 41.7 Å². The van der Waals surface area contributed by atoms with E-state index in [2.05, 4.69) is 31.1 Å². The van der Waals surface area contributed by atoms with E-state index in [1.54, 1.807) is 31.2 Å². The molecule has 1 aromatic heterocycles. The Hall–Kier alpha value is -4.56. The van der Waals surface area contributed by atoms with Crippen LogP contribution >= 0.6 is 11.3 Å². The fourth-order valence-electron chi connectivity index (χ4n) is 4.95. The van der Waals surface area contributed by atoms with Crippen molar-refractivity contribution in [3.8, 4) is 10.6 Å². The van der Waals surface area contributed by atoms with Crippen molar-refractivity contribution in [2.24, 2.45) is 0 Å². The molecule has 0 radical (unpaired) electrons. The third kappa shape index (κ3) is 5.43. The monoisotopic (exact) mass is 565 g/mol. The molecule has 2 heterocycles. The van der Waals surface area contributed by atoms with Crippen molar-refractivity contribution in [2.75, 3.05) is 10.2 Å². The molecule has 0 fully saturated rings. The van der Waals surface area contributed by atoms with Gasteiger partial charge in [-0.2, -0.15) is 0 Å². The summed E-state index contributed by atoms with van der Waals surface area (Å²) in [7, 11) is 0. The molecule has 0 spiro atoms. The van der Waals surface area contributed by atoms with Gasteiger partial charge in [-0.3, -0.25) is 19.3 Å². The first-order valence-electron chi connectivity index (χ1n) is 13.3. The molecule has 208 valence electrons. The molecule has 1 aliphatic heterocycles. The number of nitrogens with one attached hydrogen (secondary N) is 1. The van der Waals surface area contributed by atoms with E-state index < -0.39 is 23.5 Å². The lowest BCUT2D eigenvalue weighted by Crippen LogP contribution is -2.31. The Morgan fingerprint density at radius 2 is 1.66 bits per heavy atom. The number of carbonyl (C=O) groups is 3. The average molecular weight is 566 g/mol. The summed E-state index contributed by atoms with van der Waals surface area (Å²) in [6, 6.07) is 23.2. The Bertz CT molecular complexity index is 1680. The van der Waals surface area contributed by atoms with Crippen molar-refractivity contribution in [1.82, 2.24) is 4.98 Å². The van der Waals surface area contributed by atoms with Gasteiger partial charge in [0.25, 0.3) is 5.91 Å². The van der Waals surface area contributed by atoms with Gasteiger partial charge in [-0.25, -0.2) is 4.98 Å². The first-order valence-corrected chi connectivity index (χ1v) is 14.1. The first-order chi connectivity index (χ1) is 19.5. The van der Waals surface area contributed by atoms with Crippen molar-refractivity contribution >= 4 is 40.3 Å². The molecular weight excluding hydrogens is 534 g/mol. The zero-order chi connectivity index (χ0) is 29.5. The lowest BCUT2D eigenvalue weighted by atomic mass is 9.85. The quantitative estimate of drug-likeness (QED) is 0.242. The first kappa shape index (κ1) is 28.0. The highest BCUT2D eigenvalue weighted by molar-refractivity contribution is 7.17. The van der Waals surface area contributed by atoms with E-state index in [9.17, 15) is 19.5 Å². The summed E-state index contributed by atoms with van der Waals surface area (Å²) in [5.74, 6) is -1.99. The largest absolute Gasteiger partial charge is 0.503 e. The van der Waals surface area contributed by atoms with Crippen LogP contribution in [0, 0.1) is 6.92 Å². The van der Waals surface area contributed by atoms with Crippen LogP contribution in [0.4, 0.5) is 11.4 Å². The molecule has 41 heavy (non-hydrogen) atoms. The van der Waals surface area contributed by atoms with Gasteiger partial charge in [0, 0.05) is 23.9 Å². The Balaban J connectivity index is 1.63. The number of anilines is 2. The highest BCUT2D eigenvalue weighted by Gasteiger charge is 2.45. The van der Waals surface area contributed by atoms with Crippen LogP contribution in [0.15, 0.2) is 90.2 Å². The third-order valence-electron chi connectivity index (χ3n) is 7.01. The predicted octanol–water partition coefficient (Wildman–Crippen LogP) is 7.16. The number of rotatable bonds is 6. The minimum atomic E-state index is -0.890. The molecule has 1 unspecified atom stereocenters. The van der Waals surface area contributed by atoms with Gasteiger partial charge < -0.3 is 10.4 Å². The number of hydrogen-bond acceptors (Lipinski definition) is 6. The van der Waals surface area contributed by atoms with Crippen LogP contribution in [0.1, 0.15) is 60.2 Å². The smallest absolute Gasteiger partial charge is 0.294 e. The van der Waals surface area contributed by atoms with Gasteiger partial charge in [0.15, 0.2) is 5.76 Å². The SMILES string of the molecule is CC(=O)Nc1cccc(N2C(=O)C(O)=C(C(=O)c3sc(-c4ccccc4)nc3C)C2c2ccc(C(C)(C)C)cc2)c1. The molecular formula is C33H31N3O4S.